The zero-order valence-electron chi connectivity index (χ0n) is 9.27. The van der Waals surface area contributed by atoms with Crippen molar-refractivity contribution in [2.75, 3.05) is 0 Å². The van der Waals surface area contributed by atoms with Crippen molar-refractivity contribution < 1.29 is 0 Å². The van der Waals surface area contributed by atoms with Crippen LogP contribution in [0.4, 0.5) is 0 Å². The number of pyridine rings is 1. The highest BCUT2D eigenvalue weighted by Crippen LogP contribution is 2.17. The van der Waals surface area contributed by atoms with E-state index in [1.165, 1.54) is 0 Å². The zero-order chi connectivity index (χ0) is 11.7. The molecule has 0 bridgehead atoms. The molecule has 2 aromatic rings. The van der Waals surface area contributed by atoms with E-state index in [1.54, 1.807) is 28.8 Å². The smallest absolute Gasteiger partial charge is 0.251 e. The van der Waals surface area contributed by atoms with Gasteiger partial charge in [0, 0.05) is 12.1 Å². The molecule has 0 aliphatic heterocycles. The summed E-state index contributed by atoms with van der Waals surface area (Å²) < 4.78 is 1.70. The van der Waals surface area contributed by atoms with Crippen molar-refractivity contribution in [3.63, 3.8) is 0 Å². The number of rotatable bonds is 1. The van der Waals surface area contributed by atoms with E-state index in [9.17, 15) is 4.79 Å². The molecular weight excluding hydrogens is 200 g/mol. The lowest BCUT2D eigenvalue weighted by Gasteiger charge is -2.13. The Morgan fingerprint density at radius 2 is 1.94 bits per heavy atom. The molecule has 2 rings (SSSR count). The molecule has 1 heterocycles. The summed E-state index contributed by atoms with van der Waals surface area (Å²) in [6, 6.07) is 10.9. The molecule has 0 atom stereocenters. The summed E-state index contributed by atoms with van der Waals surface area (Å²) in [5.74, 6) is 0. The zero-order valence-corrected chi connectivity index (χ0v) is 9.27. The van der Waals surface area contributed by atoms with Crippen molar-refractivity contribution in [3.05, 3.63) is 46.2 Å². The van der Waals surface area contributed by atoms with Crippen LogP contribution in [0.25, 0.3) is 10.9 Å². The van der Waals surface area contributed by atoms with E-state index in [-0.39, 0.29) is 11.6 Å². The Bertz CT molecular complexity index is 632. The molecule has 1 aromatic carbocycles. The Labute approximate surface area is 93.6 Å². The van der Waals surface area contributed by atoms with Crippen LogP contribution in [0, 0.1) is 11.3 Å². The Morgan fingerprint density at radius 3 is 2.56 bits per heavy atom. The number of aromatic nitrogens is 1. The van der Waals surface area contributed by atoms with Gasteiger partial charge in [-0.3, -0.25) is 4.79 Å². The van der Waals surface area contributed by atoms with Gasteiger partial charge in [-0.25, -0.2) is 0 Å². The largest absolute Gasteiger partial charge is 0.306 e. The molecule has 0 aliphatic rings. The third kappa shape index (κ3) is 1.59. The second kappa shape index (κ2) is 3.82. The summed E-state index contributed by atoms with van der Waals surface area (Å²) in [5, 5.41) is 9.84. The van der Waals surface area contributed by atoms with Gasteiger partial charge in [0.2, 0.25) is 0 Å². The molecule has 0 saturated carbocycles. The third-order valence-electron chi connectivity index (χ3n) is 2.58. The number of hydrogen-bond donors (Lipinski definition) is 0. The lowest BCUT2D eigenvalue weighted by Crippen LogP contribution is -2.21. The van der Waals surface area contributed by atoms with Crippen LogP contribution in [0.15, 0.2) is 35.1 Å². The highest BCUT2D eigenvalue weighted by molar-refractivity contribution is 5.80. The first-order chi connectivity index (χ1) is 7.63. The highest BCUT2D eigenvalue weighted by atomic mass is 16.1. The SMILES string of the molecule is CC(C)n1c(=O)ccc2ccc(C#N)cc21. The fourth-order valence-electron chi connectivity index (χ4n) is 1.86. The molecule has 0 unspecified atom stereocenters. The van der Waals surface area contributed by atoms with Crippen LogP contribution in [-0.4, -0.2) is 4.57 Å². The molecule has 0 aliphatic carbocycles. The predicted octanol–water partition coefficient (Wildman–Crippen LogP) is 2.45. The Hall–Kier alpha value is -2.08. The average molecular weight is 212 g/mol. The van der Waals surface area contributed by atoms with E-state index in [1.807, 2.05) is 19.9 Å². The summed E-state index contributed by atoms with van der Waals surface area (Å²) in [6.07, 6.45) is 0. The maximum absolute atomic E-state index is 11.8. The van der Waals surface area contributed by atoms with Crippen LogP contribution in [0.3, 0.4) is 0 Å². The molecule has 3 heteroatoms. The summed E-state index contributed by atoms with van der Waals surface area (Å²) in [7, 11) is 0. The van der Waals surface area contributed by atoms with Crippen molar-refractivity contribution in [2.24, 2.45) is 0 Å². The van der Waals surface area contributed by atoms with E-state index < -0.39 is 0 Å². The molecule has 80 valence electrons. The van der Waals surface area contributed by atoms with Crippen molar-refractivity contribution in [1.29, 1.82) is 5.26 Å². The lowest BCUT2D eigenvalue weighted by molar-refractivity contribution is 0.600. The summed E-state index contributed by atoms with van der Waals surface area (Å²) >= 11 is 0. The van der Waals surface area contributed by atoms with Crippen molar-refractivity contribution in [2.45, 2.75) is 19.9 Å². The molecule has 0 fully saturated rings. The van der Waals surface area contributed by atoms with Crippen molar-refractivity contribution in [3.8, 4) is 6.07 Å². The van der Waals surface area contributed by atoms with E-state index in [2.05, 4.69) is 6.07 Å². The van der Waals surface area contributed by atoms with Gasteiger partial charge < -0.3 is 4.57 Å². The quantitative estimate of drug-likeness (QED) is 0.728. The molecular formula is C13H12N2O. The van der Waals surface area contributed by atoms with Gasteiger partial charge in [0.25, 0.3) is 5.56 Å². The van der Waals surface area contributed by atoms with Gasteiger partial charge in [-0.2, -0.15) is 5.26 Å². The molecule has 1 aromatic heterocycles. The van der Waals surface area contributed by atoms with Gasteiger partial charge in [-0.1, -0.05) is 6.07 Å². The topological polar surface area (TPSA) is 45.8 Å². The summed E-state index contributed by atoms with van der Waals surface area (Å²) in [4.78, 5) is 11.8. The van der Waals surface area contributed by atoms with E-state index >= 15 is 0 Å². The standard InChI is InChI=1S/C13H12N2O/c1-9(2)15-12-7-10(8-14)3-4-11(12)5-6-13(15)16/h3-7,9H,1-2H3. The maximum Gasteiger partial charge on any atom is 0.251 e. The summed E-state index contributed by atoms with van der Waals surface area (Å²) in [5.41, 5.74) is 1.37. The van der Waals surface area contributed by atoms with Gasteiger partial charge in [0.1, 0.15) is 0 Å². The van der Waals surface area contributed by atoms with Gasteiger partial charge in [0.05, 0.1) is 17.1 Å². The molecule has 0 N–H and O–H groups in total. The van der Waals surface area contributed by atoms with Gasteiger partial charge in [0.15, 0.2) is 0 Å². The first-order valence-electron chi connectivity index (χ1n) is 5.19. The summed E-state index contributed by atoms with van der Waals surface area (Å²) in [6.45, 7) is 3.92. The van der Waals surface area contributed by atoms with Gasteiger partial charge >= 0.3 is 0 Å². The minimum Gasteiger partial charge on any atom is -0.306 e. The molecule has 0 amide bonds. The van der Waals surface area contributed by atoms with Crippen molar-refractivity contribution in [1.82, 2.24) is 4.57 Å². The maximum atomic E-state index is 11.8. The van der Waals surface area contributed by atoms with Crippen LogP contribution in [-0.2, 0) is 0 Å². The number of nitrogens with zero attached hydrogens (tertiary/aromatic N) is 2. The predicted molar refractivity (Wildman–Crippen MR) is 63.3 cm³/mol. The normalized spacial score (nSPS) is 10.6. The first kappa shape index (κ1) is 10.4. The Morgan fingerprint density at radius 1 is 1.25 bits per heavy atom. The van der Waals surface area contributed by atoms with Gasteiger partial charge in [-0.05, 0) is 37.4 Å². The molecule has 0 spiro atoms. The molecule has 16 heavy (non-hydrogen) atoms. The number of fused-ring (bicyclic) bond motifs is 1. The van der Waals surface area contributed by atoms with E-state index in [0.717, 1.165) is 10.9 Å². The fourth-order valence-corrected chi connectivity index (χ4v) is 1.86. The number of nitriles is 1. The lowest BCUT2D eigenvalue weighted by atomic mass is 10.1. The van der Waals surface area contributed by atoms with Crippen LogP contribution in [0.5, 0.6) is 0 Å². The van der Waals surface area contributed by atoms with Crippen LogP contribution in [0.1, 0.15) is 25.5 Å². The second-order valence-corrected chi connectivity index (χ2v) is 4.02. The monoisotopic (exact) mass is 212 g/mol. The fraction of sp³-hybridized carbons (Fsp3) is 0.231. The van der Waals surface area contributed by atoms with E-state index in [0.29, 0.717) is 5.56 Å². The number of hydrogen-bond acceptors (Lipinski definition) is 2. The molecule has 3 nitrogen and oxygen atoms in total. The minimum atomic E-state index is -0.0300. The van der Waals surface area contributed by atoms with Crippen LogP contribution in [0.2, 0.25) is 0 Å². The van der Waals surface area contributed by atoms with E-state index in [4.69, 9.17) is 5.26 Å². The van der Waals surface area contributed by atoms with Crippen molar-refractivity contribution >= 4 is 10.9 Å². The minimum absolute atomic E-state index is 0.0300. The third-order valence-corrected chi connectivity index (χ3v) is 2.58. The first-order valence-corrected chi connectivity index (χ1v) is 5.19. The Kier molecular flexibility index (Phi) is 2.49. The molecule has 0 saturated heterocycles. The number of benzene rings is 1. The average Bonchev–Trinajstić information content (AvgIpc) is 2.27. The van der Waals surface area contributed by atoms with Crippen LogP contribution >= 0.6 is 0 Å². The Balaban J connectivity index is 2.90. The second-order valence-electron chi connectivity index (χ2n) is 4.02. The van der Waals surface area contributed by atoms with Gasteiger partial charge in [-0.15, -0.1) is 0 Å². The van der Waals surface area contributed by atoms with Crippen LogP contribution < -0.4 is 5.56 Å². The molecule has 0 radical (unpaired) electrons. The highest BCUT2D eigenvalue weighted by Gasteiger charge is 2.06.